The van der Waals surface area contributed by atoms with Gasteiger partial charge in [-0.25, -0.2) is 0 Å². The predicted octanol–water partition coefficient (Wildman–Crippen LogP) is 3.38. The quantitative estimate of drug-likeness (QED) is 0.818. The van der Waals surface area contributed by atoms with Crippen molar-refractivity contribution in [2.45, 2.75) is 25.6 Å². The summed E-state index contributed by atoms with van der Waals surface area (Å²) in [4.78, 5) is 0. The van der Waals surface area contributed by atoms with Crippen molar-refractivity contribution < 1.29 is 13.2 Å². The summed E-state index contributed by atoms with van der Waals surface area (Å²) < 4.78 is 38.0. The van der Waals surface area contributed by atoms with E-state index in [1.54, 1.807) is 13.1 Å². The lowest BCUT2D eigenvalue weighted by molar-refractivity contribution is -0.138. The summed E-state index contributed by atoms with van der Waals surface area (Å²) in [6.07, 6.45) is -3.65. The highest BCUT2D eigenvalue weighted by atomic mass is 19.4. The van der Waals surface area contributed by atoms with Crippen LogP contribution in [-0.4, -0.2) is 7.05 Å². The summed E-state index contributed by atoms with van der Waals surface area (Å²) in [6, 6.07) is 5.44. The molecule has 1 aromatic rings. The zero-order chi connectivity index (χ0) is 11.5. The molecule has 0 aliphatic heterocycles. The molecule has 0 radical (unpaired) electrons. The molecule has 1 nitrogen and oxygen atoms in total. The van der Waals surface area contributed by atoms with Gasteiger partial charge in [-0.3, -0.25) is 0 Å². The molecule has 1 rings (SSSR count). The number of rotatable bonds is 3. The van der Waals surface area contributed by atoms with E-state index in [9.17, 15) is 13.2 Å². The van der Waals surface area contributed by atoms with Gasteiger partial charge in [-0.15, -0.1) is 0 Å². The third-order valence-corrected chi connectivity index (χ3v) is 2.40. The van der Waals surface area contributed by atoms with Crippen molar-refractivity contribution in [3.63, 3.8) is 0 Å². The topological polar surface area (TPSA) is 12.0 Å². The van der Waals surface area contributed by atoms with Crippen molar-refractivity contribution in [2.75, 3.05) is 7.05 Å². The van der Waals surface area contributed by atoms with Crippen LogP contribution in [0, 0.1) is 0 Å². The Kier molecular flexibility index (Phi) is 3.74. The molecule has 0 amide bonds. The van der Waals surface area contributed by atoms with Crippen molar-refractivity contribution in [1.29, 1.82) is 0 Å². The highest BCUT2D eigenvalue weighted by Gasteiger charge is 2.34. The fourth-order valence-corrected chi connectivity index (χ4v) is 1.64. The summed E-state index contributed by atoms with van der Waals surface area (Å²) in [5, 5.41) is 2.88. The average Bonchev–Trinajstić information content (AvgIpc) is 2.19. The lowest BCUT2D eigenvalue weighted by Crippen LogP contribution is -2.20. The molecule has 0 aliphatic rings. The second kappa shape index (κ2) is 4.66. The normalized spacial score (nSPS) is 13.9. The Balaban J connectivity index is 3.17. The van der Waals surface area contributed by atoms with Crippen LogP contribution in [0.3, 0.4) is 0 Å². The van der Waals surface area contributed by atoms with Gasteiger partial charge in [-0.2, -0.15) is 13.2 Å². The van der Waals surface area contributed by atoms with Crippen LogP contribution >= 0.6 is 0 Å². The number of benzene rings is 1. The van der Waals surface area contributed by atoms with E-state index in [1.165, 1.54) is 12.1 Å². The van der Waals surface area contributed by atoms with E-state index in [0.29, 0.717) is 12.0 Å². The molecule has 0 spiro atoms. The van der Waals surface area contributed by atoms with E-state index in [4.69, 9.17) is 0 Å². The van der Waals surface area contributed by atoms with Crippen LogP contribution in [0.25, 0.3) is 0 Å². The molecule has 0 heterocycles. The molecule has 0 fully saturated rings. The Morgan fingerprint density at radius 2 is 1.87 bits per heavy atom. The number of nitrogens with one attached hydrogen (secondary N) is 1. The van der Waals surface area contributed by atoms with E-state index in [1.807, 2.05) is 6.92 Å². The zero-order valence-electron chi connectivity index (χ0n) is 8.73. The minimum Gasteiger partial charge on any atom is -0.313 e. The van der Waals surface area contributed by atoms with Gasteiger partial charge in [-0.05, 0) is 25.1 Å². The van der Waals surface area contributed by atoms with Crippen LogP contribution in [0.1, 0.15) is 30.5 Å². The first-order chi connectivity index (χ1) is 7.00. The molecule has 4 heteroatoms. The standard InChI is InChI=1S/C11H14F3N/c1-3-10(15-2)8-6-4-5-7-9(8)11(12,13)14/h4-7,10,15H,3H2,1-2H3/t10-/m0/s1. The van der Waals surface area contributed by atoms with Crippen LogP contribution in [0.15, 0.2) is 24.3 Å². The molecule has 0 saturated carbocycles. The molecular formula is C11H14F3N. The van der Waals surface area contributed by atoms with Gasteiger partial charge in [0.25, 0.3) is 0 Å². The van der Waals surface area contributed by atoms with Gasteiger partial charge < -0.3 is 5.32 Å². The molecule has 1 atom stereocenters. The van der Waals surface area contributed by atoms with Gasteiger partial charge in [-0.1, -0.05) is 25.1 Å². The highest BCUT2D eigenvalue weighted by Crippen LogP contribution is 2.34. The lowest BCUT2D eigenvalue weighted by atomic mass is 9.98. The number of alkyl halides is 3. The maximum absolute atomic E-state index is 12.7. The number of hydrogen-bond donors (Lipinski definition) is 1. The number of hydrogen-bond acceptors (Lipinski definition) is 1. The van der Waals surface area contributed by atoms with Crippen LogP contribution in [-0.2, 0) is 6.18 Å². The smallest absolute Gasteiger partial charge is 0.313 e. The van der Waals surface area contributed by atoms with Crippen molar-refractivity contribution in [3.05, 3.63) is 35.4 Å². The highest BCUT2D eigenvalue weighted by molar-refractivity contribution is 5.32. The van der Waals surface area contributed by atoms with Gasteiger partial charge in [0.1, 0.15) is 0 Å². The summed E-state index contributed by atoms with van der Waals surface area (Å²) in [5.74, 6) is 0. The fourth-order valence-electron chi connectivity index (χ4n) is 1.64. The van der Waals surface area contributed by atoms with Crippen LogP contribution in [0.4, 0.5) is 13.2 Å². The molecule has 0 unspecified atom stereocenters. The van der Waals surface area contributed by atoms with Crippen molar-refractivity contribution in [2.24, 2.45) is 0 Å². The minimum absolute atomic E-state index is 0.247. The van der Waals surface area contributed by atoms with Crippen LogP contribution < -0.4 is 5.32 Å². The molecule has 1 aromatic carbocycles. The van der Waals surface area contributed by atoms with Gasteiger partial charge in [0.2, 0.25) is 0 Å². The lowest BCUT2D eigenvalue weighted by Gasteiger charge is -2.19. The van der Waals surface area contributed by atoms with Gasteiger partial charge in [0.15, 0.2) is 0 Å². The first-order valence-corrected chi connectivity index (χ1v) is 4.84. The SMILES string of the molecule is CC[C@H](NC)c1ccccc1C(F)(F)F. The van der Waals surface area contributed by atoms with Gasteiger partial charge in [0, 0.05) is 6.04 Å². The number of halogens is 3. The molecule has 15 heavy (non-hydrogen) atoms. The predicted molar refractivity (Wildman–Crippen MR) is 53.5 cm³/mol. The Bertz CT molecular complexity index is 316. The summed E-state index contributed by atoms with van der Waals surface area (Å²) in [7, 11) is 1.67. The molecule has 0 bridgehead atoms. The van der Waals surface area contributed by atoms with Crippen LogP contribution in [0.2, 0.25) is 0 Å². The first-order valence-electron chi connectivity index (χ1n) is 4.84. The van der Waals surface area contributed by atoms with E-state index in [-0.39, 0.29) is 6.04 Å². The molecular weight excluding hydrogens is 203 g/mol. The van der Waals surface area contributed by atoms with E-state index in [2.05, 4.69) is 5.32 Å². The Morgan fingerprint density at radius 3 is 2.33 bits per heavy atom. The van der Waals surface area contributed by atoms with E-state index < -0.39 is 11.7 Å². The third-order valence-electron chi connectivity index (χ3n) is 2.40. The zero-order valence-corrected chi connectivity index (χ0v) is 8.73. The monoisotopic (exact) mass is 217 g/mol. The molecule has 84 valence electrons. The maximum atomic E-state index is 12.7. The van der Waals surface area contributed by atoms with E-state index >= 15 is 0 Å². The molecule has 1 N–H and O–H groups in total. The summed E-state index contributed by atoms with van der Waals surface area (Å²) >= 11 is 0. The average molecular weight is 217 g/mol. The minimum atomic E-state index is -4.28. The largest absolute Gasteiger partial charge is 0.416 e. The fraction of sp³-hybridized carbons (Fsp3) is 0.455. The Labute approximate surface area is 87.3 Å². The molecule has 0 aliphatic carbocycles. The Hall–Kier alpha value is -1.03. The summed E-state index contributed by atoms with van der Waals surface area (Å²) in [6.45, 7) is 1.86. The van der Waals surface area contributed by atoms with Crippen molar-refractivity contribution in [1.82, 2.24) is 5.32 Å². The summed E-state index contributed by atoms with van der Waals surface area (Å²) in [5.41, 5.74) is -0.235. The second-order valence-electron chi connectivity index (χ2n) is 3.33. The van der Waals surface area contributed by atoms with Gasteiger partial charge in [0.05, 0.1) is 5.56 Å². The first kappa shape index (κ1) is 12.0. The maximum Gasteiger partial charge on any atom is 0.416 e. The Morgan fingerprint density at radius 1 is 1.27 bits per heavy atom. The van der Waals surface area contributed by atoms with Crippen molar-refractivity contribution in [3.8, 4) is 0 Å². The molecule has 0 saturated heterocycles. The van der Waals surface area contributed by atoms with Crippen molar-refractivity contribution >= 4 is 0 Å². The van der Waals surface area contributed by atoms with E-state index in [0.717, 1.165) is 6.07 Å². The van der Waals surface area contributed by atoms with Gasteiger partial charge >= 0.3 is 6.18 Å². The molecule has 0 aromatic heterocycles. The third kappa shape index (κ3) is 2.72. The second-order valence-corrected chi connectivity index (χ2v) is 3.33. The van der Waals surface area contributed by atoms with Crippen LogP contribution in [0.5, 0.6) is 0 Å².